The average Bonchev–Trinajstić information content (AvgIpc) is 2.86. The monoisotopic (exact) mass is 204 g/mol. The minimum atomic E-state index is -0.138. The topological polar surface area (TPSA) is 27.8 Å². The van der Waals surface area contributed by atoms with Gasteiger partial charge in [0.15, 0.2) is 0 Å². The lowest BCUT2D eigenvalue weighted by Gasteiger charge is -2.03. The Morgan fingerprint density at radius 1 is 1.33 bits per heavy atom. The van der Waals surface area contributed by atoms with Crippen LogP contribution in [0.2, 0.25) is 0 Å². The largest absolute Gasteiger partial charge is 0.358 e. The summed E-state index contributed by atoms with van der Waals surface area (Å²) in [6.45, 7) is 2.05. The third-order valence-corrected chi connectivity index (χ3v) is 3.13. The maximum Gasteiger partial charge on any atom is 0.132 e. The van der Waals surface area contributed by atoms with Crippen LogP contribution in [0.5, 0.6) is 0 Å². The van der Waals surface area contributed by atoms with Gasteiger partial charge in [-0.15, -0.1) is 0 Å². The molecule has 0 bridgehead atoms. The fourth-order valence-electron chi connectivity index (χ4n) is 2.28. The van der Waals surface area contributed by atoms with Gasteiger partial charge >= 0.3 is 0 Å². The molecule has 0 radical (unpaired) electrons. The van der Waals surface area contributed by atoms with Gasteiger partial charge in [0.1, 0.15) is 5.82 Å². The highest BCUT2D eigenvalue weighted by molar-refractivity contribution is 5.81. The predicted octanol–water partition coefficient (Wildman–Crippen LogP) is 2.38. The third-order valence-electron chi connectivity index (χ3n) is 3.13. The number of fused-ring (bicyclic) bond motifs is 1. The second-order valence-corrected chi connectivity index (χ2v) is 4.12. The molecule has 3 rings (SSSR count). The second-order valence-electron chi connectivity index (χ2n) is 4.12. The molecule has 1 aliphatic heterocycles. The minimum Gasteiger partial charge on any atom is -0.358 e. The lowest BCUT2D eigenvalue weighted by Crippen LogP contribution is -2.07. The number of benzene rings is 1. The normalized spacial score (nSPS) is 21.3. The van der Waals surface area contributed by atoms with Crippen molar-refractivity contribution in [3.63, 3.8) is 0 Å². The molecule has 3 heteroatoms. The molecule has 0 saturated carbocycles. The van der Waals surface area contributed by atoms with E-state index in [1.165, 1.54) is 6.07 Å². The zero-order valence-corrected chi connectivity index (χ0v) is 8.39. The zero-order chi connectivity index (χ0) is 10.3. The van der Waals surface area contributed by atoms with Crippen molar-refractivity contribution in [1.82, 2.24) is 10.3 Å². The van der Waals surface area contributed by atoms with Gasteiger partial charge in [0, 0.05) is 29.1 Å². The molecule has 78 valence electrons. The van der Waals surface area contributed by atoms with Gasteiger partial charge in [-0.05, 0) is 31.2 Å². The first-order valence-corrected chi connectivity index (χ1v) is 5.32. The molecule has 1 fully saturated rings. The van der Waals surface area contributed by atoms with Crippen molar-refractivity contribution in [3.8, 4) is 0 Å². The van der Waals surface area contributed by atoms with Crippen LogP contribution in [0.4, 0.5) is 4.39 Å². The van der Waals surface area contributed by atoms with E-state index in [1.807, 2.05) is 12.1 Å². The number of aromatic amines is 1. The first kappa shape index (κ1) is 8.92. The summed E-state index contributed by atoms with van der Waals surface area (Å²) in [6.07, 6.45) is 1.13. The van der Waals surface area contributed by atoms with Crippen molar-refractivity contribution < 1.29 is 4.39 Å². The molecule has 0 amide bonds. The van der Waals surface area contributed by atoms with Crippen LogP contribution in [-0.2, 0) is 0 Å². The van der Waals surface area contributed by atoms with Crippen molar-refractivity contribution >= 4 is 10.9 Å². The number of H-pyrrole nitrogens is 1. The van der Waals surface area contributed by atoms with Gasteiger partial charge in [-0.25, -0.2) is 4.39 Å². The highest BCUT2D eigenvalue weighted by atomic mass is 19.1. The van der Waals surface area contributed by atoms with Crippen LogP contribution < -0.4 is 5.32 Å². The fourth-order valence-corrected chi connectivity index (χ4v) is 2.28. The van der Waals surface area contributed by atoms with Crippen molar-refractivity contribution in [3.05, 3.63) is 35.8 Å². The molecule has 0 spiro atoms. The summed E-state index contributed by atoms with van der Waals surface area (Å²) < 4.78 is 13.5. The second kappa shape index (κ2) is 3.35. The molecule has 1 atom stereocenters. The van der Waals surface area contributed by atoms with Crippen LogP contribution in [0.1, 0.15) is 18.0 Å². The summed E-state index contributed by atoms with van der Waals surface area (Å²) in [5, 5.41) is 4.02. The Balaban J connectivity index is 2.09. The van der Waals surface area contributed by atoms with Gasteiger partial charge < -0.3 is 10.3 Å². The molecule has 0 aliphatic carbocycles. The van der Waals surface area contributed by atoms with Crippen LogP contribution in [0, 0.1) is 5.82 Å². The molecular formula is C12H13FN2. The van der Waals surface area contributed by atoms with E-state index in [-0.39, 0.29) is 5.82 Å². The Morgan fingerprint density at radius 3 is 3.00 bits per heavy atom. The van der Waals surface area contributed by atoms with E-state index < -0.39 is 0 Å². The lowest BCUT2D eigenvalue weighted by atomic mass is 10.1. The Hall–Kier alpha value is -1.35. The summed E-state index contributed by atoms with van der Waals surface area (Å²) in [5.41, 5.74) is 2.05. The number of hydrogen-bond donors (Lipinski definition) is 2. The van der Waals surface area contributed by atoms with E-state index in [0.717, 1.165) is 30.7 Å². The first-order valence-electron chi connectivity index (χ1n) is 5.32. The number of nitrogens with one attached hydrogen (secondary N) is 2. The Bertz CT molecular complexity index is 483. The molecule has 1 aliphatic rings. The molecule has 2 aromatic rings. The Labute approximate surface area is 87.5 Å². The lowest BCUT2D eigenvalue weighted by molar-refractivity contribution is 0.640. The first-order chi connectivity index (χ1) is 7.34. The van der Waals surface area contributed by atoms with Crippen LogP contribution in [0.25, 0.3) is 10.9 Å². The van der Waals surface area contributed by atoms with E-state index in [9.17, 15) is 4.39 Å². The molecule has 2 heterocycles. The summed E-state index contributed by atoms with van der Waals surface area (Å²) >= 11 is 0. The van der Waals surface area contributed by atoms with Crippen molar-refractivity contribution in [1.29, 1.82) is 0 Å². The molecule has 15 heavy (non-hydrogen) atoms. The smallest absolute Gasteiger partial charge is 0.132 e. The summed E-state index contributed by atoms with van der Waals surface area (Å²) in [7, 11) is 0. The molecule has 1 aromatic carbocycles. The molecule has 2 N–H and O–H groups in total. The Kier molecular flexibility index (Phi) is 1.99. The van der Waals surface area contributed by atoms with E-state index in [1.54, 1.807) is 6.07 Å². The molecule has 0 unspecified atom stereocenters. The maximum absolute atomic E-state index is 13.5. The van der Waals surface area contributed by atoms with Gasteiger partial charge in [-0.2, -0.15) is 0 Å². The highest BCUT2D eigenvalue weighted by Gasteiger charge is 2.18. The van der Waals surface area contributed by atoms with Crippen LogP contribution >= 0.6 is 0 Å². The van der Waals surface area contributed by atoms with E-state index in [2.05, 4.69) is 10.3 Å². The van der Waals surface area contributed by atoms with Gasteiger partial charge in [-0.1, -0.05) is 6.07 Å². The van der Waals surface area contributed by atoms with E-state index in [4.69, 9.17) is 0 Å². The average molecular weight is 204 g/mol. The van der Waals surface area contributed by atoms with Crippen LogP contribution in [0.3, 0.4) is 0 Å². The summed E-state index contributed by atoms with van der Waals surface area (Å²) in [6, 6.07) is 7.12. The number of hydrogen-bond acceptors (Lipinski definition) is 1. The van der Waals surface area contributed by atoms with Gasteiger partial charge in [0.25, 0.3) is 0 Å². The van der Waals surface area contributed by atoms with Crippen LogP contribution in [-0.4, -0.2) is 18.1 Å². The third kappa shape index (κ3) is 1.43. The summed E-state index contributed by atoms with van der Waals surface area (Å²) in [4.78, 5) is 3.30. The van der Waals surface area contributed by atoms with E-state index in [0.29, 0.717) is 11.3 Å². The molecular weight excluding hydrogens is 191 g/mol. The Morgan fingerprint density at radius 2 is 2.27 bits per heavy atom. The number of halogens is 1. The molecule has 2 nitrogen and oxygen atoms in total. The van der Waals surface area contributed by atoms with Crippen molar-refractivity contribution in [2.24, 2.45) is 0 Å². The standard InChI is InChI=1S/C12H13FN2/c13-10-2-1-3-11-9(10)6-12(15-11)8-4-5-14-7-8/h1-3,6,8,14-15H,4-5,7H2/t8-/m1/s1. The minimum absolute atomic E-state index is 0.138. The van der Waals surface area contributed by atoms with Gasteiger partial charge in [0.05, 0.1) is 0 Å². The summed E-state index contributed by atoms with van der Waals surface area (Å²) in [5.74, 6) is 0.373. The van der Waals surface area contributed by atoms with E-state index >= 15 is 0 Å². The van der Waals surface area contributed by atoms with Gasteiger partial charge in [0.2, 0.25) is 0 Å². The number of rotatable bonds is 1. The maximum atomic E-state index is 13.5. The zero-order valence-electron chi connectivity index (χ0n) is 8.39. The molecule has 1 aromatic heterocycles. The van der Waals surface area contributed by atoms with Crippen LogP contribution in [0.15, 0.2) is 24.3 Å². The fraction of sp³-hybridized carbons (Fsp3) is 0.333. The predicted molar refractivity (Wildman–Crippen MR) is 58.5 cm³/mol. The van der Waals surface area contributed by atoms with Crippen molar-refractivity contribution in [2.75, 3.05) is 13.1 Å². The SMILES string of the molecule is Fc1cccc2[nH]c([C@@H]3CCNC3)cc12. The van der Waals surface area contributed by atoms with Gasteiger partial charge in [-0.3, -0.25) is 0 Å². The molecule has 1 saturated heterocycles. The number of aromatic nitrogens is 1. The van der Waals surface area contributed by atoms with Crippen molar-refractivity contribution in [2.45, 2.75) is 12.3 Å². The highest BCUT2D eigenvalue weighted by Crippen LogP contribution is 2.26. The quantitative estimate of drug-likeness (QED) is 0.733.